The molecule has 0 bridgehead atoms. The zero-order valence-electron chi connectivity index (χ0n) is 12.5. The Kier molecular flexibility index (Phi) is 5.41. The van der Waals surface area contributed by atoms with Gasteiger partial charge in [-0.3, -0.25) is 14.9 Å². The fourth-order valence-electron chi connectivity index (χ4n) is 1.68. The normalized spacial score (nSPS) is 10.8. The first-order valence-corrected chi connectivity index (χ1v) is 9.20. The van der Waals surface area contributed by atoms with Crippen molar-refractivity contribution < 1.29 is 13.2 Å². The van der Waals surface area contributed by atoms with Crippen molar-refractivity contribution in [3.05, 3.63) is 59.6 Å². The number of hydrogen-bond acceptors (Lipinski definition) is 5. The van der Waals surface area contributed by atoms with Crippen molar-refractivity contribution in [2.75, 3.05) is 4.72 Å². The summed E-state index contributed by atoms with van der Waals surface area (Å²) in [7, 11) is -3.71. The number of para-hydroxylation sites is 1. The standard InChI is InChI=1S/C15H17N3O3S2/c1-3-11(2)16-17-15(19)12-7-4-5-8-13(12)18-23(20,21)14-9-6-10-22-14/h4-10,16,18H,2-3H2,1H3,(H,17,19). The summed E-state index contributed by atoms with van der Waals surface area (Å²) >= 11 is 1.11. The van der Waals surface area contributed by atoms with Gasteiger partial charge in [0.1, 0.15) is 4.21 Å². The summed E-state index contributed by atoms with van der Waals surface area (Å²) < 4.78 is 27.2. The first-order chi connectivity index (χ1) is 10.9. The minimum absolute atomic E-state index is 0.185. The molecular weight excluding hydrogens is 334 g/mol. The van der Waals surface area contributed by atoms with Gasteiger partial charge < -0.3 is 5.43 Å². The van der Waals surface area contributed by atoms with Crippen molar-refractivity contribution in [1.29, 1.82) is 0 Å². The van der Waals surface area contributed by atoms with E-state index in [1.54, 1.807) is 23.6 Å². The van der Waals surface area contributed by atoms with Gasteiger partial charge in [-0.1, -0.05) is 31.7 Å². The largest absolute Gasteiger partial charge is 0.303 e. The van der Waals surface area contributed by atoms with Crippen LogP contribution in [0.4, 0.5) is 5.69 Å². The molecule has 2 rings (SSSR count). The lowest BCUT2D eigenvalue weighted by Gasteiger charge is -2.13. The van der Waals surface area contributed by atoms with Crippen molar-refractivity contribution >= 4 is 33.0 Å². The smallest absolute Gasteiger partial charge is 0.271 e. The van der Waals surface area contributed by atoms with Gasteiger partial charge >= 0.3 is 0 Å². The molecule has 0 aliphatic rings. The summed E-state index contributed by atoms with van der Waals surface area (Å²) in [5.41, 5.74) is 6.24. The maximum Gasteiger partial charge on any atom is 0.271 e. The molecule has 2 aromatic rings. The molecule has 1 heterocycles. The fraction of sp³-hybridized carbons (Fsp3) is 0.133. The first kappa shape index (κ1) is 17.0. The zero-order chi connectivity index (χ0) is 16.9. The van der Waals surface area contributed by atoms with Crippen molar-refractivity contribution in [1.82, 2.24) is 10.9 Å². The molecule has 1 amide bonds. The summed E-state index contributed by atoms with van der Waals surface area (Å²) in [4.78, 5) is 12.2. The molecule has 0 atom stereocenters. The van der Waals surface area contributed by atoms with Crippen molar-refractivity contribution in [3.8, 4) is 0 Å². The Morgan fingerprint density at radius 1 is 1.17 bits per heavy atom. The van der Waals surface area contributed by atoms with E-state index in [4.69, 9.17) is 0 Å². The summed E-state index contributed by atoms with van der Waals surface area (Å²) in [6.07, 6.45) is 0.660. The molecule has 8 heteroatoms. The van der Waals surface area contributed by atoms with E-state index in [2.05, 4.69) is 22.2 Å². The highest BCUT2D eigenvalue weighted by Gasteiger charge is 2.19. The minimum Gasteiger partial charge on any atom is -0.303 e. The molecule has 0 aliphatic carbocycles. The van der Waals surface area contributed by atoms with Crippen LogP contribution < -0.4 is 15.6 Å². The number of rotatable bonds is 7. The Morgan fingerprint density at radius 3 is 2.57 bits per heavy atom. The van der Waals surface area contributed by atoms with Crippen molar-refractivity contribution in [2.45, 2.75) is 17.6 Å². The van der Waals surface area contributed by atoms with Crippen LogP contribution in [0.5, 0.6) is 0 Å². The third-order valence-corrected chi connectivity index (χ3v) is 5.72. The molecular formula is C15H17N3O3S2. The SMILES string of the molecule is C=C(CC)NNC(=O)c1ccccc1NS(=O)(=O)c1cccs1. The van der Waals surface area contributed by atoms with Gasteiger partial charge in [0.2, 0.25) is 0 Å². The van der Waals surface area contributed by atoms with Gasteiger partial charge in [-0.15, -0.1) is 11.3 Å². The second-order valence-electron chi connectivity index (χ2n) is 4.62. The molecule has 0 aliphatic heterocycles. The number of carbonyl (C=O) groups is 1. The Bertz CT molecular complexity index is 799. The number of benzene rings is 1. The predicted octanol–water partition coefficient (Wildman–Crippen LogP) is 2.71. The van der Waals surface area contributed by atoms with Gasteiger partial charge in [0.15, 0.2) is 0 Å². The van der Waals surface area contributed by atoms with Crippen LogP contribution >= 0.6 is 11.3 Å². The number of thiophene rings is 1. The molecule has 122 valence electrons. The van der Waals surface area contributed by atoms with Crippen LogP contribution in [0.3, 0.4) is 0 Å². The molecule has 0 radical (unpaired) electrons. The van der Waals surface area contributed by atoms with Crippen LogP contribution in [0.25, 0.3) is 0 Å². The lowest BCUT2D eigenvalue weighted by molar-refractivity contribution is 0.0939. The second kappa shape index (κ2) is 7.30. The van der Waals surface area contributed by atoms with E-state index in [-0.39, 0.29) is 15.5 Å². The number of sulfonamides is 1. The van der Waals surface area contributed by atoms with E-state index in [0.717, 1.165) is 11.3 Å². The number of hydrazine groups is 1. The molecule has 0 unspecified atom stereocenters. The zero-order valence-corrected chi connectivity index (χ0v) is 14.1. The quantitative estimate of drug-likeness (QED) is 0.669. The van der Waals surface area contributed by atoms with Gasteiger partial charge in [0.25, 0.3) is 15.9 Å². The van der Waals surface area contributed by atoms with E-state index in [0.29, 0.717) is 12.1 Å². The van der Waals surface area contributed by atoms with Gasteiger partial charge in [-0.2, -0.15) is 0 Å². The molecule has 0 spiro atoms. The van der Waals surface area contributed by atoms with E-state index in [1.165, 1.54) is 18.2 Å². The van der Waals surface area contributed by atoms with E-state index in [9.17, 15) is 13.2 Å². The van der Waals surface area contributed by atoms with Gasteiger partial charge in [0, 0.05) is 5.70 Å². The van der Waals surface area contributed by atoms with Crippen LogP contribution in [-0.4, -0.2) is 14.3 Å². The monoisotopic (exact) mass is 351 g/mol. The van der Waals surface area contributed by atoms with Crippen LogP contribution in [0.2, 0.25) is 0 Å². The number of allylic oxidation sites excluding steroid dienone is 1. The van der Waals surface area contributed by atoms with Gasteiger partial charge in [-0.05, 0) is 30.0 Å². The Hall–Kier alpha value is -2.32. The van der Waals surface area contributed by atoms with Gasteiger partial charge in [0.05, 0.1) is 11.3 Å². The van der Waals surface area contributed by atoms with Crippen molar-refractivity contribution in [2.24, 2.45) is 0 Å². The van der Waals surface area contributed by atoms with E-state index < -0.39 is 15.9 Å². The molecule has 6 nitrogen and oxygen atoms in total. The van der Waals surface area contributed by atoms with Crippen molar-refractivity contribution in [3.63, 3.8) is 0 Å². The molecule has 1 aromatic heterocycles. The third kappa shape index (κ3) is 4.33. The van der Waals surface area contributed by atoms with E-state index >= 15 is 0 Å². The first-order valence-electron chi connectivity index (χ1n) is 6.83. The Morgan fingerprint density at radius 2 is 1.91 bits per heavy atom. The van der Waals surface area contributed by atoms with Crippen LogP contribution in [0.15, 0.2) is 58.3 Å². The molecule has 3 N–H and O–H groups in total. The molecule has 0 fully saturated rings. The molecule has 0 saturated carbocycles. The third-order valence-electron chi connectivity index (χ3n) is 2.96. The highest BCUT2D eigenvalue weighted by atomic mass is 32.2. The number of anilines is 1. The summed E-state index contributed by atoms with van der Waals surface area (Å²) in [5.74, 6) is -0.455. The van der Waals surface area contributed by atoms with Crippen LogP contribution in [0.1, 0.15) is 23.7 Å². The van der Waals surface area contributed by atoms with Crippen LogP contribution in [-0.2, 0) is 10.0 Å². The summed E-state index contributed by atoms with van der Waals surface area (Å²) in [6.45, 7) is 5.61. The molecule has 1 aromatic carbocycles. The second-order valence-corrected chi connectivity index (χ2v) is 7.48. The van der Waals surface area contributed by atoms with Gasteiger partial charge in [-0.25, -0.2) is 8.42 Å². The van der Waals surface area contributed by atoms with E-state index in [1.807, 2.05) is 6.92 Å². The lowest BCUT2D eigenvalue weighted by Crippen LogP contribution is -2.36. The minimum atomic E-state index is -3.71. The maximum atomic E-state index is 12.3. The summed E-state index contributed by atoms with van der Waals surface area (Å²) in [6, 6.07) is 9.54. The number of hydrogen-bond donors (Lipinski definition) is 3. The number of amides is 1. The predicted molar refractivity (Wildman–Crippen MR) is 91.6 cm³/mol. The Balaban J connectivity index is 2.21. The summed E-state index contributed by atoms with van der Waals surface area (Å²) in [5, 5.41) is 1.67. The molecule has 23 heavy (non-hydrogen) atoms. The average Bonchev–Trinajstić information content (AvgIpc) is 3.07. The highest BCUT2D eigenvalue weighted by molar-refractivity contribution is 7.94. The Labute approximate surface area is 139 Å². The number of nitrogens with one attached hydrogen (secondary N) is 3. The fourth-order valence-corrected chi connectivity index (χ4v) is 3.76. The lowest BCUT2D eigenvalue weighted by atomic mass is 10.2. The number of carbonyl (C=O) groups excluding carboxylic acids is 1. The van der Waals surface area contributed by atoms with Crippen LogP contribution in [0, 0.1) is 0 Å². The topological polar surface area (TPSA) is 87.3 Å². The average molecular weight is 351 g/mol. The molecule has 0 saturated heterocycles. The highest BCUT2D eigenvalue weighted by Crippen LogP contribution is 2.22. The maximum absolute atomic E-state index is 12.3.